The monoisotopic (exact) mass is 360 g/mol. The van der Waals surface area contributed by atoms with Gasteiger partial charge in [-0.25, -0.2) is 13.6 Å². The normalized spacial score (nSPS) is 12.2. The Kier molecular flexibility index (Phi) is 6.20. The number of hydrogen-bond acceptors (Lipinski definition) is 7. The first-order valence-corrected chi connectivity index (χ1v) is 8.07. The van der Waals surface area contributed by atoms with Crippen LogP contribution in [0.4, 0.5) is 0 Å². The van der Waals surface area contributed by atoms with Crippen LogP contribution in [0.1, 0.15) is 23.2 Å². The molecule has 0 fully saturated rings. The van der Waals surface area contributed by atoms with Crippen LogP contribution in [-0.4, -0.2) is 45.0 Å². The lowest BCUT2D eigenvalue weighted by molar-refractivity contribution is -0.137. The number of hydrogen-bond donors (Lipinski definition) is 4. The number of amides is 3. The van der Waals surface area contributed by atoms with Crippen molar-refractivity contribution in [2.45, 2.75) is 24.0 Å². The van der Waals surface area contributed by atoms with Gasteiger partial charge < -0.3 is 20.8 Å². The SMILES string of the molecule is CNC(=O)C(=O)CCC(NC(=O)c1coc(S(N)(=O)=O)c1)C(N)=O. The second kappa shape index (κ2) is 7.70. The number of sulfonamides is 1. The maximum absolute atomic E-state index is 12.0. The highest BCUT2D eigenvalue weighted by Crippen LogP contribution is 2.12. The van der Waals surface area contributed by atoms with E-state index >= 15 is 0 Å². The highest BCUT2D eigenvalue weighted by molar-refractivity contribution is 7.89. The van der Waals surface area contributed by atoms with Gasteiger partial charge in [0.05, 0.1) is 5.56 Å². The zero-order chi connectivity index (χ0) is 18.5. The molecule has 132 valence electrons. The van der Waals surface area contributed by atoms with Crippen molar-refractivity contribution in [2.75, 3.05) is 7.05 Å². The van der Waals surface area contributed by atoms with E-state index in [-0.39, 0.29) is 18.4 Å². The third-order valence-corrected chi connectivity index (χ3v) is 3.68. The molecule has 24 heavy (non-hydrogen) atoms. The number of ketones is 1. The molecule has 11 nitrogen and oxygen atoms in total. The molecule has 0 aliphatic carbocycles. The summed E-state index contributed by atoms with van der Waals surface area (Å²) in [7, 11) is -2.85. The summed E-state index contributed by atoms with van der Waals surface area (Å²) in [5.41, 5.74) is 4.92. The van der Waals surface area contributed by atoms with Crippen LogP contribution >= 0.6 is 0 Å². The summed E-state index contributed by atoms with van der Waals surface area (Å²) >= 11 is 0. The van der Waals surface area contributed by atoms with Gasteiger partial charge in [0.25, 0.3) is 21.8 Å². The summed E-state index contributed by atoms with van der Waals surface area (Å²) in [4.78, 5) is 45.8. The molecule has 3 amide bonds. The maximum atomic E-state index is 12.0. The molecule has 0 aliphatic heterocycles. The Hall–Kier alpha value is -2.73. The summed E-state index contributed by atoms with van der Waals surface area (Å²) in [6, 6.07) is -0.364. The van der Waals surface area contributed by atoms with E-state index < -0.39 is 44.7 Å². The number of rotatable bonds is 8. The van der Waals surface area contributed by atoms with E-state index in [1.807, 2.05) is 0 Å². The summed E-state index contributed by atoms with van der Waals surface area (Å²) in [6.07, 6.45) is 0.317. The summed E-state index contributed by atoms with van der Waals surface area (Å²) in [6.45, 7) is 0. The van der Waals surface area contributed by atoms with Gasteiger partial charge in [-0.2, -0.15) is 0 Å². The molecule has 1 rings (SSSR count). The van der Waals surface area contributed by atoms with E-state index in [9.17, 15) is 27.6 Å². The van der Waals surface area contributed by atoms with E-state index in [4.69, 9.17) is 10.9 Å². The fourth-order valence-electron chi connectivity index (χ4n) is 1.64. The molecule has 0 aromatic carbocycles. The second-order valence-electron chi connectivity index (χ2n) is 4.67. The minimum atomic E-state index is -4.12. The van der Waals surface area contributed by atoms with E-state index in [0.29, 0.717) is 0 Å². The van der Waals surface area contributed by atoms with Crippen molar-refractivity contribution in [1.82, 2.24) is 10.6 Å². The first kappa shape index (κ1) is 19.3. The van der Waals surface area contributed by atoms with E-state index in [1.54, 1.807) is 0 Å². The van der Waals surface area contributed by atoms with Crippen LogP contribution in [0.25, 0.3) is 0 Å². The molecular formula is C12H16N4O7S. The van der Waals surface area contributed by atoms with Crippen molar-refractivity contribution in [2.24, 2.45) is 10.9 Å². The molecule has 0 spiro atoms. The van der Waals surface area contributed by atoms with Crippen LogP contribution in [0.15, 0.2) is 21.8 Å². The molecule has 0 radical (unpaired) electrons. The van der Waals surface area contributed by atoms with Crippen LogP contribution < -0.4 is 21.5 Å². The Morgan fingerprint density at radius 2 is 1.92 bits per heavy atom. The fourth-order valence-corrected chi connectivity index (χ4v) is 2.11. The van der Waals surface area contributed by atoms with E-state index in [0.717, 1.165) is 12.3 Å². The van der Waals surface area contributed by atoms with Crippen LogP contribution in [0.3, 0.4) is 0 Å². The van der Waals surface area contributed by atoms with Gasteiger partial charge in [-0.1, -0.05) is 0 Å². The first-order chi connectivity index (χ1) is 11.1. The molecular weight excluding hydrogens is 344 g/mol. The highest BCUT2D eigenvalue weighted by atomic mass is 32.2. The topological polar surface area (TPSA) is 192 Å². The number of Topliss-reactive ketones (excluding diaryl/α,β-unsaturated/α-hetero) is 1. The smallest absolute Gasteiger partial charge is 0.287 e. The van der Waals surface area contributed by atoms with Crippen molar-refractivity contribution < 1.29 is 32.0 Å². The summed E-state index contributed by atoms with van der Waals surface area (Å²) < 4.78 is 26.8. The van der Waals surface area contributed by atoms with E-state index in [1.165, 1.54) is 7.05 Å². The Morgan fingerprint density at radius 1 is 1.29 bits per heavy atom. The zero-order valence-corrected chi connectivity index (χ0v) is 13.4. The van der Waals surface area contributed by atoms with Gasteiger partial charge >= 0.3 is 0 Å². The fraction of sp³-hybridized carbons (Fsp3) is 0.333. The molecule has 6 N–H and O–H groups in total. The average molecular weight is 360 g/mol. The van der Waals surface area contributed by atoms with Crippen molar-refractivity contribution in [3.63, 3.8) is 0 Å². The molecule has 0 saturated heterocycles. The van der Waals surface area contributed by atoms with Crippen LogP contribution in [0, 0.1) is 0 Å². The van der Waals surface area contributed by atoms with Gasteiger partial charge in [0.15, 0.2) is 0 Å². The number of primary amides is 1. The van der Waals surface area contributed by atoms with Crippen molar-refractivity contribution >= 4 is 33.5 Å². The third-order valence-electron chi connectivity index (χ3n) is 2.91. The standard InChI is InChI=1S/C12H16N4O7S/c1-15-12(20)8(17)3-2-7(10(13)18)16-11(19)6-4-9(23-5-6)24(14,21)22/h4-5,7H,2-3H2,1H3,(H2,13,18)(H,15,20)(H,16,19)(H2,14,21,22). The van der Waals surface area contributed by atoms with Gasteiger partial charge in [0, 0.05) is 19.5 Å². The minimum absolute atomic E-state index is 0.201. The van der Waals surface area contributed by atoms with Crippen molar-refractivity contribution in [1.29, 1.82) is 0 Å². The molecule has 0 aliphatic rings. The number of carbonyl (C=O) groups is 4. The maximum Gasteiger partial charge on any atom is 0.287 e. The lowest BCUT2D eigenvalue weighted by Crippen LogP contribution is -2.45. The molecule has 0 saturated carbocycles. The number of carbonyl (C=O) groups excluding carboxylic acids is 4. The number of primary sulfonamides is 1. The van der Waals surface area contributed by atoms with Gasteiger partial charge in [0.2, 0.25) is 16.8 Å². The largest absolute Gasteiger partial charge is 0.451 e. The number of nitrogens with two attached hydrogens (primary N) is 2. The number of nitrogens with one attached hydrogen (secondary N) is 2. The Balaban J connectivity index is 2.76. The molecule has 0 bridgehead atoms. The van der Waals surface area contributed by atoms with Crippen LogP contribution in [0.5, 0.6) is 0 Å². The van der Waals surface area contributed by atoms with Crippen LogP contribution in [0.2, 0.25) is 0 Å². The summed E-state index contributed by atoms with van der Waals surface area (Å²) in [5.74, 6) is -3.40. The average Bonchev–Trinajstić information content (AvgIpc) is 2.99. The zero-order valence-electron chi connectivity index (χ0n) is 12.6. The van der Waals surface area contributed by atoms with Crippen LogP contribution in [-0.2, 0) is 24.4 Å². The van der Waals surface area contributed by atoms with Gasteiger partial charge in [0.1, 0.15) is 12.3 Å². The lowest BCUT2D eigenvalue weighted by Gasteiger charge is -2.14. The van der Waals surface area contributed by atoms with Gasteiger partial charge in [-0.3, -0.25) is 19.2 Å². The van der Waals surface area contributed by atoms with Crippen molar-refractivity contribution in [3.8, 4) is 0 Å². The Labute approximate surface area is 136 Å². The number of furan rings is 1. The quantitative estimate of drug-likeness (QED) is 0.371. The third kappa shape index (κ3) is 5.17. The molecule has 1 aromatic heterocycles. The molecule has 12 heteroatoms. The van der Waals surface area contributed by atoms with Gasteiger partial charge in [-0.15, -0.1) is 0 Å². The Morgan fingerprint density at radius 3 is 2.38 bits per heavy atom. The minimum Gasteiger partial charge on any atom is -0.451 e. The molecule has 1 atom stereocenters. The summed E-state index contributed by atoms with van der Waals surface area (Å²) in [5, 5.41) is 8.56. The first-order valence-electron chi connectivity index (χ1n) is 6.52. The highest BCUT2D eigenvalue weighted by Gasteiger charge is 2.24. The van der Waals surface area contributed by atoms with Gasteiger partial charge in [-0.05, 0) is 6.42 Å². The predicted molar refractivity (Wildman–Crippen MR) is 78.8 cm³/mol. The van der Waals surface area contributed by atoms with E-state index in [2.05, 4.69) is 15.1 Å². The second-order valence-corrected chi connectivity index (χ2v) is 6.16. The molecule has 1 aromatic rings. The molecule has 1 unspecified atom stereocenters. The number of likely N-dealkylation sites (N-methyl/N-ethyl adjacent to an activating group) is 1. The van der Waals surface area contributed by atoms with Crippen molar-refractivity contribution in [3.05, 3.63) is 17.9 Å². The Bertz CT molecular complexity index is 768. The predicted octanol–water partition coefficient (Wildman–Crippen LogP) is -2.39. The molecule has 1 heterocycles. The lowest BCUT2D eigenvalue weighted by atomic mass is 10.1.